The van der Waals surface area contributed by atoms with E-state index in [0.29, 0.717) is 11.0 Å². The number of ether oxygens (including phenoxy) is 1. The van der Waals surface area contributed by atoms with Crippen LogP contribution in [0.15, 0.2) is 42.6 Å². The molecule has 3 aromatic rings. The summed E-state index contributed by atoms with van der Waals surface area (Å²) in [5.41, 5.74) is 2.79. The number of pyridine rings is 1. The Hall–Kier alpha value is -2.07. The first-order valence-electron chi connectivity index (χ1n) is 6.15. The summed E-state index contributed by atoms with van der Waals surface area (Å²) in [7, 11) is 0. The van der Waals surface area contributed by atoms with Crippen molar-refractivity contribution >= 4 is 17.1 Å². The number of hydrogen-bond donors (Lipinski definition) is 0. The van der Waals surface area contributed by atoms with Gasteiger partial charge < -0.3 is 4.74 Å². The molecule has 1 aromatic carbocycles. The number of nitrogens with zero attached hydrogens (tertiary/aromatic N) is 2. The van der Waals surface area contributed by atoms with Crippen molar-refractivity contribution in [1.82, 2.24) is 9.38 Å². The molecule has 0 radical (unpaired) electrons. The molecule has 102 valence electrons. The Morgan fingerprint density at radius 2 is 2.00 bits per heavy atom. The molecule has 0 spiro atoms. The van der Waals surface area contributed by atoms with Gasteiger partial charge >= 0.3 is 0 Å². The van der Waals surface area contributed by atoms with Gasteiger partial charge in [-0.05, 0) is 60.5 Å². The molecule has 0 unspecified atom stereocenters. The first-order valence-corrected chi connectivity index (χ1v) is 6.53. The molecule has 3 rings (SSSR count). The number of aryl methyl sites for hydroxylation is 1. The smallest absolute Gasteiger partial charge is 0.207 e. The molecular weight excluding hydrogens is 279 g/mol. The second-order valence-corrected chi connectivity index (χ2v) is 4.87. The summed E-state index contributed by atoms with van der Waals surface area (Å²) >= 11 is 6.08. The predicted octanol–water partition coefficient (Wildman–Crippen LogP) is 4.01. The molecule has 2 heterocycles. The Bertz CT molecular complexity index is 752. The lowest BCUT2D eigenvalue weighted by atomic mass is 10.2. The van der Waals surface area contributed by atoms with Crippen molar-refractivity contribution in [2.75, 3.05) is 0 Å². The van der Waals surface area contributed by atoms with Crippen LogP contribution in [0.4, 0.5) is 4.39 Å². The summed E-state index contributed by atoms with van der Waals surface area (Å²) in [6.45, 7) is 2.29. The highest BCUT2D eigenvalue weighted by Gasteiger charge is 2.10. The van der Waals surface area contributed by atoms with Gasteiger partial charge in [-0.3, -0.25) is 4.40 Å². The third-order valence-electron chi connectivity index (χ3n) is 3.02. The molecule has 0 atom stereocenters. The molecule has 20 heavy (non-hydrogen) atoms. The average molecular weight is 291 g/mol. The van der Waals surface area contributed by atoms with Crippen LogP contribution >= 0.6 is 11.6 Å². The Kier molecular flexibility index (Phi) is 3.32. The van der Waals surface area contributed by atoms with E-state index in [9.17, 15) is 4.39 Å². The maximum Gasteiger partial charge on any atom is 0.207 e. The van der Waals surface area contributed by atoms with Crippen LogP contribution < -0.4 is 4.74 Å². The second kappa shape index (κ2) is 5.13. The molecule has 5 heteroatoms. The molecule has 2 aromatic heterocycles. The molecule has 0 bridgehead atoms. The summed E-state index contributed by atoms with van der Waals surface area (Å²) in [6.07, 6.45) is 1.88. The lowest BCUT2D eigenvalue weighted by Crippen LogP contribution is -1.97. The molecule has 0 saturated carbocycles. The zero-order chi connectivity index (χ0) is 14.1. The maximum absolute atomic E-state index is 12.8. The lowest BCUT2D eigenvalue weighted by molar-refractivity contribution is 0.303. The zero-order valence-electron chi connectivity index (χ0n) is 10.8. The standard InChI is InChI=1S/C15H12ClFN2O/c1-10-6-7-19-14(8-10)13(18-15(19)16)9-20-12-4-2-11(17)3-5-12/h2-8H,9H2,1H3. The van der Waals surface area contributed by atoms with Crippen LogP contribution in [0.25, 0.3) is 5.52 Å². The van der Waals surface area contributed by atoms with E-state index in [1.54, 1.807) is 16.5 Å². The highest BCUT2D eigenvalue weighted by Crippen LogP contribution is 2.20. The van der Waals surface area contributed by atoms with Crippen molar-refractivity contribution in [2.24, 2.45) is 0 Å². The van der Waals surface area contributed by atoms with E-state index in [2.05, 4.69) is 4.98 Å². The van der Waals surface area contributed by atoms with Crippen molar-refractivity contribution in [1.29, 1.82) is 0 Å². The number of fused-ring (bicyclic) bond motifs is 1. The maximum atomic E-state index is 12.8. The minimum Gasteiger partial charge on any atom is -0.487 e. The molecule has 3 nitrogen and oxygen atoms in total. The monoisotopic (exact) mass is 290 g/mol. The number of benzene rings is 1. The van der Waals surface area contributed by atoms with E-state index in [0.717, 1.165) is 16.8 Å². The Balaban J connectivity index is 1.87. The van der Waals surface area contributed by atoms with E-state index in [-0.39, 0.29) is 12.4 Å². The molecule has 0 fully saturated rings. The van der Waals surface area contributed by atoms with Crippen LogP contribution in [0.3, 0.4) is 0 Å². The Morgan fingerprint density at radius 1 is 1.25 bits per heavy atom. The largest absolute Gasteiger partial charge is 0.487 e. The van der Waals surface area contributed by atoms with Crippen LogP contribution in [-0.2, 0) is 6.61 Å². The first kappa shape index (κ1) is 12.9. The molecule has 0 saturated heterocycles. The average Bonchev–Trinajstić information content (AvgIpc) is 2.74. The molecule has 0 aliphatic rings. The first-order chi connectivity index (χ1) is 9.63. The van der Waals surface area contributed by atoms with Crippen LogP contribution in [0, 0.1) is 12.7 Å². The van der Waals surface area contributed by atoms with E-state index in [1.165, 1.54) is 12.1 Å². The summed E-state index contributed by atoms with van der Waals surface area (Å²) in [6, 6.07) is 9.85. The van der Waals surface area contributed by atoms with Gasteiger partial charge in [0.05, 0.1) is 5.52 Å². The molecule has 0 aliphatic carbocycles. The molecule has 0 amide bonds. The van der Waals surface area contributed by atoms with E-state index in [1.807, 2.05) is 25.3 Å². The fourth-order valence-electron chi connectivity index (χ4n) is 2.00. The highest BCUT2D eigenvalue weighted by atomic mass is 35.5. The van der Waals surface area contributed by atoms with Gasteiger partial charge in [0.25, 0.3) is 0 Å². The number of aromatic nitrogens is 2. The van der Waals surface area contributed by atoms with E-state index < -0.39 is 0 Å². The molecule has 0 aliphatic heterocycles. The van der Waals surface area contributed by atoms with Crippen LogP contribution in [0.5, 0.6) is 5.75 Å². The molecular formula is C15H12ClFN2O. The lowest BCUT2D eigenvalue weighted by Gasteiger charge is -2.04. The number of halogens is 2. The Morgan fingerprint density at radius 3 is 2.75 bits per heavy atom. The third-order valence-corrected chi connectivity index (χ3v) is 3.29. The van der Waals surface area contributed by atoms with Crippen molar-refractivity contribution in [3.63, 3.8) is 0 Å². The van der Waals surface area contributed by atoms with Gasteiger partial charge in [-0.15, -0.1) is 0 Å². The van der Waals surface area contributed by atoms with Crippen molar-refractivity contribution in [2.45, 2.75) is 13.5 Å². The summed E-state index contributed by atoms with van der Waals surface area (Å²) < 4.78 is 20.2. The minimum absolute atomic E-state index is 0.283. The second-order valence-electron chi connectivity index (χ2n) is 4.53. The SMILES string of the molecule is Cc1ccn2c(Cl)nc(COc3ccc(F)cc3)c2c1. The van der Waals surface area contributed by atoms with Gasteiger partial charge in [0, 0.05) is 6.20 Å². The van der Waals surface area contributed by atoms with Gasteiger partial charge in [0.2, 0.25) is 5.28 Å². The normalized spacial score (nSPS) is 10.9. The summed E-state index contributed by atoms with van der Waals surface area (Å²) in [4.78, 5) is 4.29. The summed E-state index contributed by atoms with van der Waals surface area (Å²) in [5, 5.41) is 0.401. The van der Waals surface area contributed by atoms with Gasteiger partial charge in [-0.2, -0.15) is 0 Å². The van der Waals surface area contributed by atoms with E-state index in [4.69, 9.17) is 16.3 Å². The quantitative estimate of drug-likeness (QED) is 0.728. The van der Waals surface area contributed by atoms with Gasteiger partial charge in [0.15, 0.2) is 0 Å². The minimum atomic E-state index is -0.288. The van der Waals surface area contributed by atoms with Crippen molar-refractivity contribution < 1.29 is 9.13 Å². The van der Waals surface area contributed by atoms with Crippen LogP contribution in [0.2, 0.25) is 5.28 Å². The summed E-state index contributed by atoms with van der Waals surface area (Å²) in [5.74, 6) is 0.305. The highest BCUT2D eigenvalue weighted by molar-refractivity contribution is 6.28. The number of rotatable bonds is 3. The van der Waals surface area contributed by atoms with Crippen LogP contribution in [0.1, 0.15) is 11.3 Å². The van der Waals surface area contributed by atoms with E-state index >= 15 is 0 Å². The van der Waals surface area contributed by atoms with Crippen molar-refractivity contribution in [3.8, 4) is 5.75 Å². The number of imidazole rings is 1. The zero-order valence-corrected chi connectivity index (χ0v) is 11.6. The Labute approximate surface area is 120 Å². The number of hydrogen-bond acceptors (Lipinski definition) is 2. The van der Waals surface area contributed by atoms with Crippen molar-refractivity contribution in [3.05, 3.63) is 65.0 Å². The van der Waals surface area contributed by atoms with Gasteiger partial charge in [-0.1, -0.05) is 0 Å². The molecule has 0 N–H and O–H groups in total. The predicted molar refractivity (Wildman–Crippen MR) is 75.7 cm³/mol. The van der Waals surface area contributed by atoms with Crippen LogP contribution in [-0.4, -0.2) is 9.38 Å². The third kappa shape index (κ3) is 2.47. The fraction of sp³-hybridized carbons (Fsp3) is 0.133. The van der Waals surface area contributed by atoms with Gasteiger partial charge in [0.1, 0.15) is 23.9 Å². The fourth-order valence-corrected chi connectivity index (χ4v) is 2.25. The van der Waals surface area contributed by atoms with Gasteiger partial charge in [-0.25, -0.2) is 9.37 Å². The topological polar surface area (TPSA) is 26.5 Å².